The van der Waals surface area contributed by atoms with E-state index in [0.29, 0.717) is 5.75 Å². The summed E-state index contributed by atoms with van der Waals surface area (Å²) in [6.45, 7) is 0. The summed E-state index contributed by atoms with van der Waals surface area (Å²) in [4.78, 5) is 11.6. The van der Waals surface area contributed by atoms with Gasteiger partial charge in [-0.05, 0) is 24.3 Å². The molecule has 0 radical (unpaired) electrons. The quantitative estimate of drug-likeness (QED) is 0.679. The van der Waals surface area contributed by atoms with Crippen LogP contribution in [0.25, 0.3) is 0 Å². The molecule has 0 aliphatic carbocycles. The van der Waals surface area contributed by atoms with Gasteiger partial charge < -0.3 is 14.9 Å². The van der Waals surface area contributed by atoms with Crippen LogP contribution in [-0.4, -0.2) is 5.97 Å². The molecule has 0 aliphatic heterocycles. The number of anilines is 1. The fourth-order valence-electron chi connectivity index (χ4n) is 1.18. The second kappa shape index (κ2) is 4.40. The molecule has 0 bridgehead atoms. The SMILES string of the molecule is Nc1occc1C(=O)Oc1cccc(Br)c1. The maximum Gasteiger partial charge on any atom is 0.349 e. The van der Waals surface area contributed by atoms with E-state index in [1.165, 1.54) is 12.3 Å². The maximum absolute atomic E-state index is 11.6. The van der Waals surface area contributed by atoms with Crippen LogP contribution in [0.3, 0.4) is 0 Å². The van der Waals surface area contributed by atoms with Crippen molar-refractivity contribution in [3.8, 4) is 5.75 Å². The summed E-state index contributed by atoms with van der Waals surface area (Å²) in [7, 11) is 0. The molecule has 2 rings (SSSR count). The molecule has 0 amide bonds. The highest BCUT2D eigenvalue weighted by atomic mass is 79.9. The maximum atomic E-state index is 11.6. The molecular formula is C11H8BrNO3. The van der Waals surface area contributed by atoms with Crippen molar-refractivity contribution in [2.45, 2.75) is 0 Å². The zero-order valence-corrected chi connectivity index (χ0v) is 9.73. The number of hydrogen-bond acceptors (Lipinski definition) is 4. The lowest BCUT2D eigenvalue weighted by Crippen LogP contribution is -2.09. The first-order valence-corrected chi connectivity index (χ1v) is 5.27. The van der Waals surface area contributed by atoms with Gasteiger partial charge in [-0.1, -0.05) is 22.0 Å². The Hall–Kier alpha value is -1.75. The third-order valence-corrected chi connectivity index (χ3v) is 2.41. The number of esters is 1. The van der Waals surface area contributed by atoms with Gasteiger partial charge in [-0.3, -0.25) is 0 Å². The Morgan fingerprint density at radius 1 is 1.38 bits per heavy atom. The number of benzene rings is 1. The number of ether oxygens (including phenoxy) is 1. The van der Waals surface area contributed by atoms with Crippen molar-refractivity contribution in [1.82, 2.24) is 0 Å². The molecule has 5 heteroatoms. The number of carbonyl (C=O) groups excluding carboxylic acids is 1. The topological polar surface area (TPSA) is 65.5 Å². The Morgan fingerprint density at radius 3 is 2.81 bits per heavy atom. The number of nitrogens with two attached hydrogens (primary N) is 1. The van der Waals surface area contributed by atoms with Crippen molar-refractivity contribution >= 4 is 27.8 Å². The van der Waals surface area contributed by atoms with E-state index in [4.69, 9.17) is 14.9 Å². The zero-order chi connectivity index (χ0) is 11.5. The van der Waals surface area contributed by atoms with E-state index in [0.717, 1.165) is 4.47 Å². The third kappa shape index (κ3) is 2.25. The molecule has 0 saturated carbocycles. The Kier molecular flexibility index (Phi) is 2.96. The van der Waals surface area contributed by atoms with Crippen molar-refractivity contribution in [2.75, 3.05) is 5.73 Å². The number of rotatable bonds is 2. The molecule has 0 atom stereocenters. The molecule has 0 aliphatic rings. The van der Waals surface area contributed by atoms with Crippen molar-refractivity contribution in [3.63, 3.8) is 0 Å². The summed E-state index contributed by atoms with van der Waals surface area (Å²) < 4.78 is 10.8. The predicted octanol–water partition coefficient (Wildman–Crippen LogP) is 2.84. The summed E-state index contributed by atoms with van der Waals surface area (Å²) in [5.41, 5.74) is 5.67. The highest BCUT2D eigenvalue weighted by molar-refractivity contribution is 9.10. The molecule has 16 heavy (non-hydrogen) atoms. The Bertz CT molecular complexity index is 521. The van der Waals surface area contributed by atoms with Gasteiger partial charge in [0.2, 0.25) is 5.88 Å². The van der Waals surface area contributed by atoms with Crippen molar-refractivity contribution in [1.29, 1.82) is 0 Å². The molecule has 0 unspecified atom stereocenters. The van der Waals surface area contributed by atoms with Crippen LogP contribution in [0.15, 0.2) is 45.5 Å². The standard InChI is InChI=1S/C11H8BrNO3/c12-7-2-1-3-8(6-7)16-11(14)9-4-5-15-10(9)13/h1-6H,13H2. The van der Waals surface area contributed by atoms with Crippen LogP contribution in [0.4, 0.5) is 5.88 Å². The van der Waals surface area contributed by atoms with E-state index in [1.807, 2.05) is 6.07 Å². The van der Waals surface area contributed by atoms with Gasteiger partial charge in [0.05, 0.1) is 6.26 Å². The van der Waals surface area contributed by atoms with Crippen molar-refractivity contribution in [3.05, 3.63) is 46.6 Å². The van der Waals surface area contributed by atoms with Crippen LogP contribution >= 0.6 is 15.9 Å². The average molecular weight is 282 g/mol. The molecule has 1 aromatic carbocycles. The predicted molar refractivity (Wildman–Crippen MR) is 62.2 cm³/mol. The number of halogens is 1. The minimum atomic E-state index is -0.538. The van der Waals surface area contributed by atoms with E-state index in [9.17, 15) is 4.79 Å². The summed E-state index contributed by atoms with van der Waals surface area (Å²) in [6.07, 6.45) is 1.34. The first kappa shape index (κ1) is 10.8. The highest BCUT2D eigenvalue weighted by Crippen LogP contribution is 2.20. The molecule has 2 N–H and O–H groups in total. The zero-order valence-electron chi connectivity index (χ0n) is 8.14. The largest absolute Gasteiger partial charge is 0.448 e. The van der Waals surface area contributed by atoms with Gasteiger partial charge in [-0.15, -0.1) is 0 Å². The lowest BCUT2D eigenvalue weighted by Gasteiger charge is -2.03. The molecule has 0 saturated heterocycles. The van der Waals surface area contributed by atoms with Gasteiger partial charge in [0.1, 0.15) is 11.3 Å². The number of hydrogen-bond donors (Lipinski definition) is 1. The van der Waals surface area contributed by atoms with E-state index < -0.39 is 5.97 Å². The fraction of sp³-hybridized carbons (Fsp3) is 0. The second-order valence-corrected chi connectivity index (χ2v) is 3.96. The summed E-state index contributed by atoms with van der Waals surface area (Å²) >= 11 is 3.28. The van der Waals surface area contributed by atoms with Crippen LogP contribution < -0.4 is 10.5 Å². The van der Waals surface area contributed by atoms with Crippen molar-refractivity contribution < 1.29 is 13.9 Å². The van der Waals surface area contributed by atoms with Gasteiger partial charge in [0, 0.05) is 4.47 Å². The average Bonchev–Trinajstić information content (AvgIpc) is 2.64. The Labute approximate surface area is 100 Å². The van der Waals surface area contributed by atoms with E-state index in [2.05, 4.69) is 15.9 Å². The number of carbonyl (C=O) groups is 1. The van der Waals surface area contributed by atoms with E-state index in [1.54, 1.807) is 18.2 Å². The van der Waals surface area contributed by atoms with Crippen LogP contribution in [0.1, 0.15) is 10.4 Å². The third-order valence-electron chi connectivity index (χ3n) is 1.92. The molecule has 1 aromatic heterocycles. The van der Waals surface area contributed by atoms with Gasteiger partial charge in [0.25, 0.3) is 0 Å². The second-order valence-electron chi connectivity index (χ2n) is 3.05. The Morgan fingerprint density at radius 2 is 2.19 bits per heavy atom. The van der Waals surface area contributed by atoms with E-state index >= 15 is 0 Å². The fourth-order valence-corrected chi connectivity index (χ4v) is 1.56. The molecular weight excluding hydrogens is 274 g/mol. The van der Waals surface area contributed by atoms with Crippen molar-refractivity contribution in [2.24, 2.45) is 0 Å². The first-order valence-electron chi connectivity index (χ1n) is 4.47. The van der Waals surface area contributed by atoms with Crippen LogP contribution in [0.2, 0.25) is 0 Å². The minimum Gasteiger partial charge on any atom is -0.448 e. The minimum absolute atomic E-state index is 0.0556. The molecule has 1 heterocycles. The molecule has 4 nitrogen and oxygen atoms in total. The van der Waals surface area contributed by atoms with Gasteiger partial charge >= 0.3 is 5.97 Å². The normalized spacial score (nSPS) is 10.1. The smallest absolute Gasteiger partial charge is 0.349 e. The molecule has 0 spiro atoms. The lowest BCUT2D eigenvalue weighted by molar-refractivity contribution is 0.0735. The molecule has 2 aromatic rings. The Balaban J connectivity index is 2.17. The number of furan rings is 1. The lowest BCUT2D eigenvalue weighted by atomic mass is 10.3. The van der Waals surface area contributed by atoms with E-state index in [-0.39, 0.29) is 11.4 Å². The summed E-state index contributed by atoms with van der Waals surface area (Å²) in [5.74, 6) is -0.0377. The van der Waals surface area contributed by atoms with Gasteiger partial charge in [-0.2, -0.15) is 0 Å². The van der Waals surface area contributed by atoms with Gasteiger partial charge in [0.15, 0.2) is 0 Å². The molecule has 0 fully saturated rings. The first-order chi connectivity index (χ1) is 7.66. The van der Waals surface area contributed by atoms with Gasteiger partial charge in [-0.25, -0.2) is 4.79 Å². The van der Waals surface area contributed by atoms with Crippen LogP contribution in [-0.2, 0) is 0 Å². The summed E-state index contributed by atoms with van der Waals surface area (Å²) in [5, 5.41) is 0. The number of nitrogen functional groups attached to an aromatic ring is 1. The van der Waals surface area contributed by atoms with Crippen LogP contribution in [0, 0.1) is 0 Å². The monoisotopic (exact) mass is 281 g/mol. The highest BCUT2D eigenvalue weighted by Gasteiger charge is 2.14. The van der Waals surface area contributed by atoms with Crippen LogP contribution in [0.5, 0.6) is 5.75 Å². The summed E-state index contributed by atoms with van der Waals surface area (Å²) in [6, 6.07) is 8.44. The molecule has 82 valence electrons.